The fourth-order valence-electron chi connectivity index (χ4n) is 2.13. The molecule has 0 bridgehead atoms. The molecule has 0 aliphatic carbocycles. The number of nitrogens with zero attached hydrogens (tertiary/aromatic N) is 4. The molecule has 8 nitrogen and oxygen atoms in total. The molecule has 130 valence electrons. The Kier molecular flexibility index (Phi) is 6.21. The molecular formula is C15H24N5O3Si+. The average molecular weight is 350 g/mol. The van der Waals surface area contributed by atoms with Crippen LogP contribution in [-0.4, -0.2) is 36.6 Å². The van der Waals surface area contributed by atoms with E-state index in [1.165, 1.54) is 7.11 Å². The van der Waals surface area contributed by atoms with Gasteiger partial charge in [0.05, 0.1) is 26.5 Å². The topological polar surface area (TPSA) is 95.2 Å². The zero-order chi connectivity index (χ0) is 17.6. The molecule has 0 saturated heterocycles. The third-order valence-electron chi connectivity index (χ3n) is 3.60. The second kappa shape index (κ2) is 8.15. The van der Waals surface area contributed by atoms with E-state index in [2.05, 4.69) is 20.0 Å². The van der Waals surface area contributed by atoms with E-state index in [0.717, 1.165) is 17.3 Å². The molecule has 0 spiro atoms. The van der Waals surface area contributed by atoms with Gasteiger partial charge in [-0.1, -0.05) is 5.11 Å². The Morgan fingerprint density at radius 2 is 1.96 bits per heavy atom. The van der Waals surface area contributed by atoms with Crippen LogP contribution in [-0.2, 0) is 18.5 Å². The Morgan fingerprint density at radius 3 is 2.54 bits per heavy atom. The molecule has 0 aliphatic rings. The van der Waals surface area contributed by atoms with Gasteiger partial charge in [0.15, 0.2) is 0 Å². The molecule has 1 aromatic heterocycles. The maximum absolute atomic E-state index is 9.45. The van der Waals surface area contributed by atoms with Gasteiger partial charge in [0.1, 0.15) is 5.69 Å². The van der Waals surface area contributed by atoms with E-state index < -0.39 is 8.80 Å². The van der Waals surface area contributed by atoms with E-state index in [0.29, 0.717) is 13.0 Å². The summed E-state index contributed by atoms with van der Waals surface area (Å²) in [6, 6.07) is 7.86. The van der Waals surface area contributed by atoms with Gasteiger partial charge >= 0.3 is 14.8 Å². The fraction of sp³-hybridized carbons (Fsp3) is 0.400. The summed E-state index contributed by atoms with van der Waals surface area (Å²) in [5.41, 5.74) is 1.71. The first kappa shape index (κ1) is 18.3. The van der Waals surface area contributed by atoms with Crippen LogP contribution in [0.2, 0.25) is 6.04 Å². The molecular weight excluding hydrogens is 326 g/mol. The number of nitrogens with one attached hydrogen (secondary N) is 1. The molecule has 0 saturated carbocycles. The first-order chi connectivity index (χ1) is 11.4. The summed E-state index contributed by atoms with van der Waals surface area (Å²) in [7, 11) is 1.72. The molecule has 3 N–H and O–H groups in total. The maximum Gasteiger partial charge on any atom is 0.495 e. The van der Waals surface area contributed by atoms with E-state index >= 15 is 0 Å². The monoisotopic (exact) mass is 350 g/mol. The van der Waals surface area contributed by atoms with Crippen LogP contribution >= 0.6 is 0 Å². The molecule has 2 rings (SSSR count). The van der Waals surface area contributed by atoms with Gasteiger partial charge in [-0.15, -0.1) is 0 Å². The number of imidazole rings is 1. The van der Waals surface area contributed by atoms with Gasteiger partial charge in [0.25, 0.3) is 0 Å². The summed E-state index contributed by atoms with van der Waals surface area (Å²) >= 11 is 0. The van der Waals surface area contributed by atoms with Crippen molar-refractivity contribution in [2.24, 2.45) is 24.3 Å². The predicted molar refractivity (Wildman–Crippen MR) is 92.3 cm³/mol. The van der Waals surface area contributed by atoms with Gasteiger partial charge < -0.3 is 19.3 Å². The molecule has 0 aliphatic heterocycles. The van der Waals surface area contributed by atoms with E-state index in [9.17, 15) is 9.59 Å². The third-order valence-corrected chi connectivity index (χ3v) is 5.26. The Hall–Kier alpha value is -2.07. The lowest BCUT2D eigenvalue weighted by atomic mass is 10.3. The summed E-state index contributed by atoms with van der Waals surface area (Å²) in [4.78, 5) is 18.9. The van der Waals surface area contributed by atoms with Crippen molar-refractivity contribution in [2.45, 2.75) is 12.5 Å². The molecule has 1 aromatic carbocycles. The molecule has 0 amide bonds. The zero-order valence-electron chi connectivity index (χ0n) is 14.2. The smallest absolute Gasteiger partial charge is 0.390 e. The summed E-state index contributed by atoms with van der Waals surface area (Å²) < 4.78 is 8.46. The highest BCUT2D eigenvalue weighted by molar-refractivity contribution is 6.57. The lowest BCUT2D eigenvalue weighted by molar-refractivity contribution is -0.657. The van der Waals surface area contributed by atoms with Crippen molar-refractivity contribution in [1.82, 2.24) is 4.57 Å². The van der Waals surface area contributed by atoms with Crippen LogP contribution in [0.4, 0.5) is 17.3 Å². The second-order valence-electron chi connectivity index (χ2n) is 5.54. The number of aryl methyl sites for hydroxylation is 2. The molecule has 0 unspecified atom stereocenters. The van der Waals surface area contributed by atoms with Crippen molar-refractivity contribution in [3.63, 3.8) is 0 Å². The number of rotatable bonds is 8. The Bertz CT molecular complexity index is 665. The van der Waals surface area contributed by atoms with Gasteiger partial charge in [-0.05, 0) is 30.7 Å². The molecule has 1 heterocycles. The Balaban J connectivity index is 1.85. The van der Waals surface area contributed by atoms with Crippen molar-refractivity contribution in [3.8, 4) is 0 Å². The number of benzene rings is 1. The van der Waals surface area contributed by atoms with Gasteiger partial charge in [-0.25, -0.2) is 9.13 Å². The van der Waals surface area contributed by atoms with Crippen molar-refractivity contribution in [1.29, 1.82) is 0 Å². The predicted octanol–water partition coefficient (Wildman–Crippen LogP) is 1.64. The lowest BCUT2D eigenvalue weighted by Crippen LogP contribution is -2.37. The maximum atomic E-state index is 9.45. The highest BCUT2D eigenvalue weighted by Gasteiger charge is 2.29. The van der Waals surface area contributed by atoms with Crippen LogP contribution in [0.1, 0.15) is 6.42 Å². The van der Waals surface area contributed by atoms with Gasteiger partial charge in [-0.3, -0.25) is 0 Å². The second-order valence-corrected chi connectivity index (χ2v) is 7.94. The summed E-state index contributed by atoms with van der Waals surface area (Å²) in [6.45, 7) is 0.638. The first-order valence-electron chi connectivity index (χ1n) is 7.68. The molecule has 0 radical (unpaired) electrons. The van der Waals surface area contributed by atoms with Gasteiger partial charge in [-0.2, -0.15) is 0 Å². The molecule has 9 heteroatoms. The zero-order valence-corrected chi connectivity index (χ0v) is 15.2. The average Bonchev–Trinajstić information content (AvgIpc) is 2.89. The SMILES string of the molecule is CO[Si](O)(O)CCCNc1ccc(N=Nc2n(C)cc[n+]2C)cc1. The number of hydrogen-bond acceptors (Lipinski definition) is 6. The minimum Gasteiger partial charge on any atom is -0.390 e. The third kappa shape index (κ3) is 5.23. The summed E-state index contributed by atoms with van der Waals surface area (Å²) in [6.07, 6.45) is 4.46. The van der Waals surface area contributed by atoms with Crippen LogP contribution < -0.4 is 9.88 Å². The van der Waals surface area contributed by atoms with Crippen LogP contribution in [0.3, 0.4) is 0 Å². The molecule has 24 heavy (non-hydrogen) atoms. The highest BCUT2D eigenvalue weighted by Crippen LogP contribution is 2.19. The first-order valence-corrected chi connectivity index (χ1v) is 9.69. The van der Waals surface area contributed by atoms with Crippen molar-refractivity contribution < 1.29 is 18.6 Å². The quantitative estimate of drug-likeness (QED) is 0.292. The molecule has 0 fully saturated rings. The van der Waals surface area contributed by atoms with E-state index in [4.69, 9.17) is 0 Å². The molecule has 0 atom stereocenters. The lowest BCUT2D eigenvalue weighted by Gasteiger charge is -2.14. The van der Waals surface area contributed by atoms with Crippen molar-refractivity contribution in [3.05, 3.63) is 36.7 Å². The minimum atomic E-state index is -3.44. The standard InChI is InChI=1S/C15H23N5O3Si/c1-19-10-11-20(2)15(19)18-17-14-7-5-13(6-8-14)16-9-4-12-24(21,22)23-3/h5-8,10-11,21-22H,4,9,12H2,1-3H3/p+1. The van der Waals surface area contributed by atoms with Gasteiger partial charge in [0.2, 0.25) is 0 Å². The Labute approximate surface area is 142 Å². The van der Waals surface area contributed by atoms with Gasteiger partial charge in [0, 0.05) is 30.5 Å². The van der Waals surface area contributed by atoms with Crippen LogP contribution in [0, 0.1) is 0 Å². The normalized spacial score (nSPS) is 12.0. The highest BCUT2D eigenvalue weighted by atomic mass is 28.4. The van der Waals surface area contributed by atoms with Crippen molar-refractivity contribution >= 4 is 26.1 Å². The number of anilines is 1. The van der Waals surface area contributed by atoms with Crippen molar-refractivity contribution in [2.75, 3.05) is 19.0 Å². The Morgan fingerprint density at radius 1 is 1.25 bits per heavy atom. The summed E-state index contributed by atoms with van der Waals surface area (Å²) in [5.74, 6) is 0.760. The van der Waals surface area contributed by atoms with Crippen LogP contribution in [0.5, 0.6) is 0 Å². The van der Waals surface area contributed by atoms with E-state index in [-0.39, 0.29) is 6.04 Å². The van der Waals surface area contributed by atoms with E-state index in [1.807, 2.05) is 59.9 Å². The van der Waals surface area contributed by atoms with E-state index in [1.54, 1.807) is 0 Å². The summed E-state index contributed by atoms with van der Waals surface area (Å²) in [5, 5.41) is 11.7. The fourth-order valence-corrected chi connectivity index (χ4v) is 2.97. The number of hydrogen-bond donors (Lipinski definition) is 3. The largest absolute Gasteiger partial charge is 0.495 e. The van der Waals surface area contributed by atoms with Crippen LogP contribution in [0.15, 0.2) is 46.9 Å². The number of aromatic nitrogens is 2. The molecule has 2 aromatic rings. The minimum absolute atomic E-state index is 0.274. The number of azo groups is 1. The van der Waals surface area contributed by atoms with Crippen LogP contribution in [0.25, 0.3) is 0 Å².